The summed E-state index contributed by atoms with van der Waals surface area (Å²) in [4.78, 5) is 31.2. The summed E-state index contributed by atoms with van der Waals surface area (Å²) in [5.41, 5.74) is 2.53. The number of Topliss-reactive ketones (excluding diaryl/α,β-unsaturated/α-hetero) is 2. The number of piperidine rings is 2. The molecule has 0 unspecified atom stereocenters. The van der Waals surface area contributed by atoms with Crippen molar-refractivity contribution in [1.29, 1.82) is 0 Å². The molecule has 0 radical (unpaired) electrons. The number of hydrogen-bond acceptors (Lipinski definition) is 5. The standard InChI is InChI=1S/C30H38N2O3/c33-27(15-9-21-31-17-3-1-4-18-31)25-13-7-11-23-24-12-8-14-26(30(24)35-29(23)25)28(34)16-10-22-32-19-5-2-6-20-32/h7-8,11-14H,1-6,9-10,15-22H2. The molecule has 5 heteroatoms. The highest BCUT2D eigenvalue weighted by atomic mass is 16.3. The van der Waals surface area contributed by atoms with E-state index in [-0.39, 0.29) is 11.6 Å². The fourth-order valence-corrected chi connectivity index (χ4v) is 5.82. The number of nitrogens with zero attached hydrogens (tertiary/aromatic N) is 2. The van der Waals surface area contributed by atoms with E-state index in [1.54, 1.807) is 0 Å². The average molecular weight is 475 g/mol. The third kappa shape index (κ3) is 5.68. The van der Waals surface area contributed by atoms with Gasteiger partial charge in [0.1, 0.15) is 11.2 Å². The largest absolute Gasteiger partial charge is 0.455 e. The number of likely N-dealkylation sites (tertiary alicyclic amines) is 2. The van der Waals surface area contributed by atoms with Gasteiger partial charge in [-0.05, 0) is 89.9 Å². The Bertz CT molecular complexity index is 1080. The van der Waals surface area contributed by atoms with Gasteiger partial charge in [0.05, 0.1) is 11.1 Å². The van der Waals surface area contributed by atoms with Crippen LogP contribution in [0.1, 0.15) is 84.9 Å². The smallest absolute Gasteiger partial charge is 0.166 e. The van der Waals surface area contributed by atoms with Gasteiger partial charge in [-0.3, -0.25) is 9.59 Å². The van der Waals surface area contributed by atoms with Crippen LogP contribution in [0.15, 0.2) is 40.8 Å². The van der Waals surface area contributed by atoms with Gasteiger partial charge in [0, 0.05) is 23.6 Å². The Kier molecular flexibility index (Phi) is 7.95. The number of hydrogen-bond donors (Lipinski definition) is 0. The number of fused-ring (bicyclic) bond motifs is 3. The van der Waals surface area contributed by atoms with Crippen molar-refractivity contribution in [3.63, 3.8) is 0 Å². The summed E-state index contributed by atoms with van der Waals surface area (Å²) in [6.45, 7) is 6.59. The van der Waals surface area contributed by atoms with Gasteiger partial charge in [0.2, 0.25) is 0 Å². The fraction of sp³-hybridized carbons (Fsp3) is 0.533. The lowest BCUT2D eigenvalue weighted by molar-refractivity contribution is 0.0967. The predicted octanol–water partition coefficient (Wildman–Crippen LogP) is 6.48. The highest BCUT2D eigenvalue weighted by Gasteiger charge is 2.20. The first-order valence-corrected chi connectivity index (χ1v) is 13.7. The number of para-hydroxylation sites is 2. The summed E-state index contributed by atoms with van der Waals surface area (Å²) >= 11 is 0. The van der Waals surface area contributed by atoms with Gasteiger partial charge < -0.3 is 14.2 Å². The molecule has 5 rings (SSSR count). The molecule has 3 heterocycles. The molecular weight excluding hydrogens is 436 g/mol. The van der Waals surface area contributed by atoms with E-state index in [2.05, 4.69) is 9.80 Å². The zero-order valence-electron chi connectivity index (χ0n) is 20.9. The van der Waals surface area contributed by atoms with Crippen LogP contribution in [0.25, 0.3) is 21.9 Å². The van der Waals surface area contributed by atoms with Crippen molar-refractivity contribution >= 4 is 33.5 Å². The molecule has 0 N–H and O–H groups in total. The Hall–Kier alpha value is -2.50. The summed E-state index contributed by atoms with van der Waals surface area (Å²) in [5, 5.41) is 1.84. The topological polar surface area (TPSA) is 53.8 Å². The van der Waals surface area contributed by atoms with Crippen LogP contribution in [0.3, 0.4) is 0 Å². The number of furan rings is 1. The minimum Gasteiger partial charge on any atom is -0.455 e. The first-order valence-electron chi connectivity index (χ1n) is 13.7. The Morgan fingerprint density at radius 3 is 1.49 bits per heavy atom. The third-order valence-electron chi connectivity index (χ3n) is 7.78. The summed E-state index contributed by atoms with van der Waals surface area (Å²) in [6, 6.07) is 11.6. The molecule has 0 amide bonds. The molecule has 3 aromatic rings. The van der Waals surface area contributed by atoms with Crippen molar-refractivity contribution in [2.75, 3.05) is 39.3 Å². The molecule has 0 aliphatic carbocycles. The maximum absolute atomic E-state index is 13.1. The van der Waals surface area contributed by atoms with Gasteiger partial charge in [-0.15, -0.1) is 0 Å². The molecule has 0 spiro atoms. The van der Waals surface area contributed by atoms with E-state index in [9.17, 15) is 9.59 Å². The molecular formula is C30H38N2O3. The third-order valence-corrected chi connectivity index (χ3v) is 7.78. The van der Waals surface area contributed by atoms with E-state index in [0.29, 0.717) is 35.1 Å². The van der Waals surface area contributed by atoms with Gasteiger partial charge in [-0.1, -0.05) is 37.1 Å². The first-order chi connectivity index (χ1) is 17.2. The predicted molar refractivity (Wildman–Crippen MR) is 141 cm³/mol. The lowest BCUT2D eigenvalue weighted by atomic mass is 10.0. The fourth-order valence-electron chi connectivity index (χ4n) is 5.82. The van der Waals surface area contributed by atoms with E-state index in [1.165, 1.54) is 38.5 Å². The van der Waals surface area contributed by atoms with Crippen LogP contribution in [-0.4, -0.2) is 60.6 Å². The van der Waals surface area contributed by atoms with Crippen LogP contribution in [0.5, 0.6) is 0 Å². The number of ketones is 2. The summed E-state index contributed by atoms with van der Waals surface area (Å²) in [6.07, 6.45) is 10.5. The van der Waals surface area contributed by atoms with Crippen molar-refractivity contribution in [3.05, 3.63) is 47.5 Å². The van der Waals surface area contributed by atoms with Gasteiger partial charge in [0.15, 0.2) is 11.6 Å². The molecule has 35 heavy (non-hydrogen) atoms. The first kappa shape index (κ1) is 24.2. The van der Waals surface area contributed by atoms with Gasteiger partial charge in [-0.25, -0.2) is 0 Å². The van der Waals surface area contributed by atoms with Crippen LogP contribution >= 0.6 is 0 Å². The molecule has 0 atom stereocenters. The number of carbonyl (C=O) groups excluding carboxylic acids is 2. The lowest BCUT2D eigenvalue weighted by Crippen LogP contribution is -2.30. The Balaban J connectivity index is 1.29. The Labute approximate surface area is 208 Å². The van der Waals surface area contributed by atoms with E-state index in [0.717, 1.165) is 62.9 Å². The number of benzene rings is 2. The van der Waals surface area contributed by atoms with E-state index in [4.69, 9.17) is 4.42 Å². The molecule has 1 aromatic heterocycles. The van der Waals surface area contributed by atoms with Crippen molar-refractivity contribution in [3.8, 4) is 0 Å². The van der Waals surface area contributed by atoms with Crippen LogP contribution < -0.4 is 0 Å². The number of rotatable bonds is 10. The SMILES string of the molecule is O=C(CCCN1CCCCC1)c1cccc2c1oc1c(C(=O)CCCN3CCCCC3)cccc12. The quantitative estimate of drug-likeness (QED) is 0.315. The number of carbonyl (C=O) groups is 2. The van der Waals surface area contributed by atoms with Gasteiger partial charge in [-0.2, -0.15) is 0 Å². The molecule has 2 aromatic carbocycles. The van der Waals surface area contributed by atoms with E-state index in [1.807, 2.05) is 36.4 Å². The van der Waals surface area contributed by atoms with E-state index < -0.39 is 0 Å². The highest BCUT2D eigenvalue weighted by Crippen LogP contribution is 2.34. The van der Waals surface area contributed by atoms with Crippen molar-refractivity contribution in [2.24, 2.45) is 0 Å². The van der Waals surface area contributed by atoms with Gasteiger partial charge >= 0.3 is 0 Å². The lowest BCUT2D eigenvalue weighted by Gasteiger charge is -2.26. The van der Waals surface area contributed by atoms with E-state index >= 15 is 0 Å². The highest BCUT2D eigenvalue weighted by molar-refractivity contribution is 6.17. The van der Waals surface area contributed by atoms with Crippen molar-refractivity contribution in [2.45, 2.75) is 64.2 Å². The van der Waals surface area contributed by atoms with Crippen LogP contribution in [0.4, 0.5) is 0 Å². The second kappa shape index (κ2) is 11.5. The summed E-state index contributed by atoms with van der Waals surface area (Å²) in [7, 11) is 0. The van der Waals surface area contributed by atoms with Crippen LogP contribution in [0, 0.1) is 0 Å². The maximum atomic E-state index is 13.1. The normalized spacial score (nSPS) is 17.8. The second-order valence-electron chi connectivity index (χ2n) is 10.3. The molecule has 2 aliphatic heterocycles. The molecule has 2 saturated heterocycles. The van der Waals surface area contributed by atoms with Crippen LogP contribution in [-0.2, 0) is 0 Å². The molecule has 186 valence electrons. The maximum Gasteiger partial charge on any atom is 0.166 e. The summed E-state index contributed by atoms with van der Waals surface area (Å²) < 4.78 is 6.29. The second-order valence-corrected chi connectivity index (χ2v) is 10.3. The molecule has 0 bridgehead atoms. The average Bonchev–Trinajstić information content (AvgIpc) is 3.29. The molecule has 2 fully saturated rings. The molecule has 5 nitrogen and oxygen atoms in total. The zero-order valence-corrected chi connectivity index (χ0v) is 20.9. The Morgan fingerprint density at radius 2 is 1.06 bits per heavy atom. The molecule has 2 aliphatic rings. The monoisotopic (exact) mass is 474 g/mol. The van der Waals surface area contributed by atoms with Crippen molar-refractivity contribution < 1.29 is 14.0 Å². The molecule has 0 saturated carbocycles. The summed E-state index contributed by atoms with van der Waals surface area (Å²) in [5.74, 6) is 0.252. The van der Waals surface area contributed by atoms with Crippen molar-refractivity contribution in [1.82, 2.24) is 9.80 Å². The minimum atomic E-state index is 0.126. The zero-order chi connectivity index (χ0) is 24.0. The van der Waals surface area contributed by atoms with Gasteiger partial charge in [0.25, 0.3) is 0 Å². The van der Waals surface area contributed by atoms with Crippen LogP contribution in [0.2, 0.25) is 0 Å². The Morgan fingerprint density at radius 1 is 0.629 bits per heavy atom. The minimum absolute atomic E-state index is 0.126.